The van der Waals surface area contributed by atoms with Crippen LogP contribution in [0.2, 0.25) is 5.02 Å². The molecular weight excluding hydrogens is 381 g/mol. The van der Waals surface area contributed by atoms with Gasteiger partial charge in [-0.3, -0.25) is 4.79 Å². The van der Waals surface area contributed by atoms with Crippen LogP contribution in [0.4, 0.5) is 16.2 Å². The molecule has 0 atom stereocenters. The molecule has 1 aliphatic rings. The second kappa shape index (κ2) is 9.19. The molecule has 0 saturated heterocycles. The molecule has 2 N–H and O–H groups in total. The summed E-state index contributed by atoms with van der Waals surface area (Å²) < 4.78 is 13.8. The molecule has 1 aromatic heterocycles. The first-order valence-electron chi connectivity index (χ1n) is 9.43. The van der Waals surface area contributed by atoms with Crippen LogP contribution in [0, 0.1) is 11.7 Å². The lowest BCUT2D eigenvalue weighted by atomic mass is 9.86. The van der Waals surface area contributed by atoms with Gasteiger partial charge in [0.2, 0.25) is 5.95 Å². The summed E-state index contributed by atoms with van der Waals surface area (Å²) in [5.74, 6) is 0.800. The minimum Gasteiger partial charge on any atom is -0.363 e. The summed E-state index contributed by atoms with van der Waals surface area (Å²) in [6.45, 7) is 0.517. The van der Waals surface area contributed by atoms with Gasteiger partial charge in [-0.15, -0.1) is 0 Å². The summed E-state index contributed by atoms with van der Waals surface area (Å²) in [6, 6.07) is 6.42. The largest absolute Gasteiger partial charge is 0.363 e. The van der Waals surface area contributed by atoms with Crippen LogP contribution in [0.25, 0.3) is 0 Å². The van der Waals surface area contributed by atoms with Gasteiger partial charge in [0.05, 0.1) is 10.6 Å². The molecule has 3 rings (SSSR count). The Kier molecular flexibility index (Phi) is 6.67. The monoisotopic (exact) mass is 405 g/mol. The van der Waals surface area contributed by atoms with Gasteiger partial charge in [0.15, 0.2) is 0 Å². The van der Waals surface area contributed by atoms with Crippen molar-refractivity contribution in [1.29, 1.82) is 0 Å². The van der Waals surface area contributed by atoms with E-state index in [1.807, 2.05) is 25.1 Å². The molecule has 8 heteroatoms. The van der Waals surface area contributed by atoms with Crippen LogP contribution in [0.1, 0.15) is 36.0 Å². The summed E-state index contributed by atoms with van der Waals surface area (Å²) >= 11 is 5.95. The normalized spacial score (nSPS) is 19.1. The first-order valence-corrected chi connectivity index (χ1v) is 9.81. The zero-order valence-corrected chi connectivity index (χ0v) is 16.8. The van der Waals surface area contributed by atoms with Crippen LogP contribution in [-0.2, 0) is 0 Å². The average Bonchev–Trinajstić information content (AvgIpc) is 2.67. The fourth-order valence-electron chi connectivity index (χ4n) is 3.40. The van der Waals surface area contributed by atoms with E-state index < -0.39 is 11.7 Å². The number of benzene rings is 1. The van der Waals surface area contributed by atoms with Crippen molar-refractivity contribution in [2.75, 3.05) is 30.9 Å². The molecule has 1 aliphatic carbocycles. The quantitative estimate of drug-likeness (QED) is 0.766. The Morgan fingerprint density at radius 3 is 2.68 bits per heavy atom. The summed E-state index contributed by atoms with van der Waals surface area (Å²) in [5, 5.41) is 6.35. The zero-order valence-electron chi connectivity index (χ0n) is 16.1. The zero-order chi connectivity index (χ0) is 20.1. The SMILES string of the molecule is CN(C)c1ccnc(NC2CCC(CNC(=O)c3c(F)cccc3Cl)CC2)n1. The van der Waals surface area contributed by atoms with Crippen molar-refractivity contribution in [1.82, 2.24) is 15.3 Å². The minimum atomic E-state index is -0.599. The number of rotatable bonds is 6. The lowest BCUT2D eigenvalue weighted by Gasteiger charge is -2.29. The number of halogens is 2. The van der Waals surface area contributed by atoms with Crippen LogP contribution < -0.4 is 15.5 Å². The third-order valence-corrected chi connectivity index (χ3v) is 5.34. The molecule has 0 radical (unpaired) electrons. The topological polar surface area (TPSA) is 70.2 Å². The highest BCUT2D eigenvalue weighted by Crippen LogP contribution is 2.26. The molecule has 1 amide bonds. The van der Waals surface area contributed by atoms with Crippen LogP contribution in [0.15, 0.2) is 30.5 Å². The number of aromatic nitrogens is 2. The van der Waals surface area contributed by atoms with Gasteiger partial charge in [0.25, 0.3) is 5.91 Å². The smallest absolute Gasteiger partial charge is 0.255 e. The van der Waals surface area contributed by atoms with Crippen molar-refractivity contribution in [3.63, 3.8) is 0 Å². The second-order valence-corrected chi connectivity index (χ2v) is 7.71. The maximum atomic E-state index is 13.8. The summed E-state index contributed by atoms with van der Waals surface area (Å²) in [7, 11) is 3.89. The van der Waals surface area contributed by atoms with Crippen LogP contribution in [0.5, 0.6) is 0 Å². The predicted molar refractivity (Wildman–Crippen MR) is 109 cm³/mol. The number of carbonyl (C=O) groups is 1. The van der Waals surface area contributed by atoms with Gasteiger partial charge in [-0.2, -0.15) is 4.98 Å². The van der Waals surface area contributed by atoms with Gasteiger partial charge in [-0.05, 0) is 49.8 Å². The highest BCUT2D eigenvalue weighted by molar-refractivity contribution is 6.33. The Hall–Kier alpha value is -2.41. The first kappa shape index (κ1) is 20.3. The molecule has 1 fully saturated rings. The Balaban J connectivity index is 1.47. The van der Waals surface area contributed by atoms with Crippen molar-refractivity contribution < 1.29 is 9.18 Å². The molecule has 0 spiro atoms. The highest BCUT2D eigenvalue weighted by atomic mass is 35.5. The molecule has 0 aliphatic heterocycles. The summed E-state index contributed by atoms with van der Waals surface area (Å²) in [5.41, 5.74) is -0.0857. The second-order valence-electron chi connectivity index (χ2n) is 7.30. The molecule has 0 bridgehead atoms. The van der Waals surface area contributed by atoms with E-state index in [1.54, 1.807) is 6.20 Å². The molecule has 1 saturated carbocycles. The van der Waals surface area contributed by atoms with Gasteiger partial charge < -0.3 is 15.5 Å². The molecular formula is C20H25ClFN5O. The third kappa shape index (κ3) is 5.10. The number of nitrogens with zero attached hydrogens (tertiary/aromatic N) is 3. The molecule has 2 aromatic rings. The van der Waals surface area contributed by atoms with Crippen molar-refractivity contribution in [3.05, 3.63) is 46.9 Å². The molecule has 1 heterocycles. The van der Waals surface area contributed by atoms with Crippen molar-refractivity contribution >= 4 is 29.3 Å². The predicted octanol–water partition coefficient (Wildman–Crippen LogP) is 3.74. The Morgan fingerprint density at radius 2 is 2.00 bits per heavy atom. The van der Waals surface area contributed by atoms with E-state index in [1.165, 1.54) is 18.2 Å². The lowest BCUT2D eigenvalue weighted by Crippen LogP contribution is -2.34. The van der Waals surface area contributed by atoms with E-state index >= 15 is 0 Å². The Morgan fingerprint density at radius 1 is 1.25 bits per heavy atom. The first-order chi connectivity index (χ1) is 13.4. The van der Waals surface area contributed by atoms with Crippen LogP contribution in [0.3, 0.4) is 0 Å². The van der Waals surface area contributed by atoms with E-state index in [-0.39, 0.29) is 10.6 Å². The summed E-state index contributed by atoms with van der Waals surface area (Å²) in [6.07, 6.45) is 5.62. The summed E-state index contributed by atoms with van der Waals surface area (Å²) in [4.78, 5) is 23.0. The fourth-order valence-corrected chi connectivity index (χ4v) is 3.65. The molecule has 28 heavy (non-hydrogen) atoms. The van der Waals surface area contributed by atoms with Crippen molar-refractivity contribution in [2.45, 2.75) is 31.7 Å². The molecule has 0 unspecified atom stereocenters. The maximum absolute atomic E-state index is 13.8. The molecule has 150 valence electrons. The van der Waals surface area contributed by atoms with Gasteiger partial charge in [0, 0.05) is 32.9 Å². The van der Waals surface area contributed by atoms with Gasteiger partial charge in [0.1, 0.15) is 11.6 Å². The van der Waals surface area contributed by atoms with E-state index in [4.69, 9.17) is 11.6 Å². The van der Waals surface area contributed by atoms with E-state index in [0.717, 1.165) is 31.5 Å². The lowest BCUT2D eigenvalue weighted by molar-refractivity contribution is 0.0939. The molecule has 1 aromatic carbocycles. The third-order valence-electron chi connectivity index (χ3n) is 5.02. The number of nitrogens with one attached hydrogen (secondary N) is 2. The minimum absolute atomic E-state index is 0.0857. The number of carbonyl (C=O) groups excluding carboxylic acids is 1. The fraction of sp³-hybridized carbons (Fsp3) is 0.450. The number of hydrogen-bond donors (Lipinski definition) is 2. The Bertz CT molecular complexity index is 804. The van der Waals surface area contributed by atoms with Crippen molar-refractivity contribution in [2.24, 2.45) is 5.92 Å². The standard InChI is InChI=1S/C20H25ClFN5O/c1-27(2)17-10-11-23-20(26-17)25-14-8-6-13(7-9-14)12-24-19(28)18-15(21)4-3-5-16(18)22/h3-5,10-11,13-14H,6-9,12H2,1-2H3,(H,24,28)(H,23,25,26). The highest BCUT2D eigenvalue weighted by Gasteiger charge is 2.23. The Labute approximate surface area is 169 Å². The van der Waals surface area contributed by atoms with Gasteiger partial charge >= 0.3 is 0 Å². The number of hydrogen-bond acceptors (Lipinski definition) is 5. The van der Waals surface area contributed by atoms with Gasteiger partial charge in [-0.1, -0.05) is 17.7 Å². The average molecular weight is 406 g/mol. The van der Waals surface area contributed by atoms with E-state index in [2.05, 4.69) is 20.6 Å². The number of anilines is 2. The number of amides is 1. The van der Waals surface area contributed by atoms with Crippen LogP contribution >= 0.6 is 11.6 Å². The van der Waals surface area contributed by atoms with E-state index in [9.17, 15) is 9.18 Å². The van der Waals surface area contributed by atoms with Crippen LogP contribution in [-0.4, -0.2) is 42.6 Å². The maximum Gasteiger partial charge on any atom is 0.255 e. The molecule has 6 nitrogen and oxygen atoms in total. The van der Waals surface area contributed by atoms with E-state index in [0.29, 0.717) is 24.5 Å². The van der Waals surface area contributed by atoms with Gasteiger partial charge in [-0.25, -0.2) is 9.37 Å². The van der Waals surface area contributed by atoms with Crippen molar-refractivity contribution in [3.8, 4) is 0 Å².